The second-order valence-corrected chi connectivity index (χ2v) is 5.59. The molecule has 0 fully saturated rings. The molecular formula is C17H13ClN4O3. The Labute approximate surface area is 148 Å². The highest BCUT2D eigenvalue weighted by Gasteiger charge is 2.14. The zero-order valence-electron chi connectivity index (χ0n) is 13.1. The van der Waals surface area contributed by atoms with Crippen molar-refractivity contribution in [3.05, 3.63) is 70.7 Å². The van der Waals surface area contributed by atoms with Crippen LogP contribution in [0.1, 0.15) is 26.7 Å². The second kappa shape index (κ2) is 7.14. The van der Waals surface area contributed by atoms with Crippen molar-refractivity contribution in [2.24, 2.45) is 0 Å². The zero-order chi connectivity index (χ0) is 17.8. The van der Waals surface area contributed by atoms with Crippen LogP contribution in [0.25, 0.3) is 0 Å². The lowest BCUT2D eigenvalue weighted by atomic mass is 10.2. The predicted molar refractivity (Wildman–Crippen MR) is 92.8 cm³/mol. The standard InChI is InChI=1S/C17H13ClN4O3/c1-10-8-15(22-25-10)21-17(24)14-7-3-6-13(20-14)16(23)19-12-5-2-4-11(18)9-12/h2-9H,1H3,(H,19,23)(H,21,22,24). The van der Waals surface area contributed by atoms with Crippen molar-refractivity contribution in [1.29, 1.82) is 0 Å². The van der Waals surface area contributed by atoms with Gasteiger partial charge in [0.2, 0.25) is 0 Å². The van der Waals surface area contributed by atoms with E-state index in [0.29, 0.717) is 16.5 Å². The molecule has 0 aliphatic carbocycles. The molecule has 1 aromatic carbocycles. The highest BCUT2D eigenvalue weighted by Crippen LogP contribution is 2.16. The lowest BCUT2D eigenvalue weighted by Crippen LogP contribution is -2.18. The van der Waals surface area contributed by atoms with Crippen LogP contribution in [0.15, 0.2) is 53.1 Å². The summed E-state index contributed by atoms with van der Waals surface area (Å²) in [6.07, 6.45) is 0. The maximum atomic E-state index is 12.3. The topological polar surface area (TPSA) is 97.1 Å². The monoisotopic (exact) mass is 356 g/mol. The van der Waals surface area contributed by atoms with Gasteiger partial charge in [0.05, 0.1) is 0 Å². The van der Waals surface area contributed by atoms with Crippen molar-refractivity contribution in [2.45, 2.75) is 6.92 Å². The van der Waals surface area contributed by atoms with Gasteiger partial charge >= 0.3 is 0 Å². The van der Waals surface area contributed by atoms with E-state index in [4.69, 9.17) is 16.1 Å². The van der Waals surface area contributed by atoms with Crippen LogP contribution in [0.5, 0.6) is 0 Å². The van der Waals surface area contributed by atoms with E-state index in [0.717, 1.165) is 0 Å². The van der Waals surface area contributed by atoms with E-state index >= 15 is 0 Å². The molecule has 7 nitrogen and oxygen atoms in total. The molecular weight excluding hydrogens is 344 g/mol. The number of aryl methyl sites for hydroxylation is 1. The van der Waals surface area contributed by atoms with E-state index in [1.165, 1.54) is 12.1 Å². The summed E-state index contributed by atoms with van der Waals surface area (Å²) in [6.45, 7) is 1.71. The maximum absolute atomic E-state index is 12.3. The highest BCUT2D eigenvalue weighted by atomic mass is 35.5. The van der Waals surface area contributed by atoms with E-state index in [1.807, 2.05) is 0 Å². The third-order valence-corrected chi connectivity index (χ3v) is 3.40. The first-order valence-corrected chi connectivity index (χ1v) is 7.68. The summed E-state index contributed by atoms with van der Waals surface area (Å²) in [4.78, 5) is 28.6. The summed E-state index contributed by atoms with van der Waals surface area (Å²) < 4.78 is 4.88. The van der Waals surface area contributed by atoms with Crippen LogP contribution >= 0.6 is 11.6 Å². The Balaban J connectivity index is 1.74. The quantitative estimate of drug-likeness (QED) is 0.745. The second-order valence-electron chi connectivity index (χ2n) is 5.15. The number of carbonyl (C=O) groups is 2. The van der Waals surface area contributed by atoms with Crippen LogP contribution in [0, 0.1) is 6.92 Å². The zero-order valence-corrected chi connectivity index (χ0v) is 13.9. The lowest BCUT2D eigenvalue weighted by Gasteiger charge is -2.06. The lowest BCUT2D eigenvalue weighted by molar-refractivity contribution is 0.101. The summed E-state index contributed by atoms with van der Waals surface area (Å²) in [7, 11) is 0. The van der Waals surface area contributed by atoms with E-state index in [-0.39, 0.29) is 17.2 Å². The van der Waals surface area contributed by atoms with Gasteiger partial charge in [0.15, 0.2) is 5.82 Å². The number of carbonyl (C=O) groups excluding carboxylic acids is 2. The molecule has 2 heterocycles. The van der Waals surface area contributed by atoms with Gasteiger partial charge in [-0.3, -0.25) is 9.59 Å². The van der Waals surface area contributed by atoms with Crippen molar-refractivity contribution < 1.29 is 14.1 Å². The summed E-state index contributed by atoms with van der Waals surface area (Å²) in [5.41, 5.74) is 0.718. The van der Waals surface area contributed by atoms with Crippen LogP contribution in [-0.4, -0.2) is 22.0 Å². The molecule has 2 N–H and O–H groups in total. The number of halogens is 1. The number of benzene rings is 1. The number of rotatable bonds is 4. The number of anilines is 2. The molecule has 0 atom stereocenters. The number of hydrogen-bond acceptors (Lipinski definition) is 5. The minimum atomic E-state index is -0.495. The predicted octanol–water partition coefficient (Wildman–Crippen LogP) is 3.54. The van der Waals surface area contributed by atoms with E-state index in [1.54, 1.807) is 43.3 Å². The van der Waals surface area contributed by atoms with Crippen LogP contribution in [0.2, 0.25) is 5.02 Å². The summed E-state index contributed by atoms with van der Waals surface area (Å²) in [5.74, 6) is -0.101. The normalized spacial score (nSPS) is 10.3. The number of nitrogens with zero attached hydrogens (tertiary/aromatic N) is 2. The van der Waals surface area contributed by atoms with Crippen molar-refractivity contribution >= 4 is 34.9 Å². The number of aromatic nitrogens is 2. The van der Waals surface area contributed by atoms with Crippen molar-refractivity contribution in [2.75, 3.05) is 10.6 Å². The smallest absolute Gasteiger partial charge is 0.275 e. The van der Waals surface area contributed by atoms with Gasteiger partial charge in [0.25, 0.3) is 11.8 Å². The van der Waals surface area contributed by atoms with Gasteiger partial charge in [-0.15, -0.1) is 0 Å². The van der Waals surface area contributed by atoms with Crippen LogP contribution < -0.4 is 10.6 Å². The molecule has 2 amide bonds. The molecule has 3 rings (SSSR count). The molecule has 0 spiro atoms. The molecule has 0 aliphatic heterocycles. The minimum absolute atomic E-state index is 0.0828. The number of amides is 2. The van der Waals surface area contributed by atoms with Crippen LogP contribution in [-0.2, 0) is 0 Å². The molecule has 0 saturated heterocycles. The first kappa shape index (κ1) is 16.7. The van der Waals surface area contributed by atoms with E-state index < -0.39 is 11.8 Å². The first-order chi connectivity index (χ1) is 12.0. The molecule has 126 valence electrons. The first-order valence-electron chi connectivity index (χ1n) is 7.30. The SMILES string of the molecule is Cc1cc(NC(=O)c2cccc(C(=O)Nc3cccc(Cl)c3)n2)no1. The van der Waals surface area contributed by atoms with Crippen LogP contribution in [0.4, 0.5) is 11.5 Å². The molecule has 0 radical (unpaired) electrons. The van der Waals surface area contributed by atoms with Gasteiger partial charge < -0.3 is 15.2 Å². The Morgan fingerprint density at radius 1 is 1.00 bits per heavy atom. The average Bonchev–Trinajstić information content (AvgIpc) is 3.00. The van der Waals surface area contributed by atoms with E-state index in [2.05, 4.69) is 20.8 Å². The summed E-state index contributed by atoms with van der Waals surface area (Å²) in [6, 6.07) is 12.9. The summed E-state index contributed by atoms with van der Waals surface area (Å²) in [5, 5.41) is 9.40. The number of nitrogens with one attached hydrogen (secondary N) is 2. The Morgan fingerprint density at radius 2 is 1.68 bits per heavy atom. The Hall–Kier alpha value is -3.19. The van der Waals surface area contributed by atoms with Gasteiger partial charge in [-0.05, 0) is 37.3 Å². The fraction of sp³-hybridized carbons (Fsp3) is 0.0588. The summed E-state index contributed by atoms with van der Waals surface area (Å²) >= 11 is 5.89. The van der Waals surface area contributed by atoms with Gasteiger partial charge in [-0.1, -0.05) is 28.9 Å². The fourth-order valence-electron chi connectivity index (χ4n) is 2.05. The third kappa shape index (κ3) is 4.21. The average molecular weight is 357 g/mol. The third-order valence-electron chi connectivity index (χ3n) is 3.17. The fourth-order valence-corrected chi connectivity index (χ4v) is 2.24. The molecule has 25 heavy (non-hydrogen) atoms. The van der Waals surface area contributed by atoms with Gasteiger partial charge in [-0.2, -0.15) is 0 Å². The molecule has 2 aromatic heterocycles. The van der Waals surface area contributed by atoms with E-state index in [9.17, 15) is 9.59 Å². The molecule has 3 aromatic rings. The molecule has 0 saturated carbocycles. The molecule has 0 bridgehead atoms. The van der Waals surface area contributed by atoms with Crippen molar-refractivity contribution in [1.82, 2.24) is 10.1 Å². The van der Waals surface area contributed by atoms with Gasteiger partial charge in [0, 0.05) is 16.8 Å². The van der Waals surface area contributed by atoms with Gasteiger partial charge in [0.1, 0.15) is 17.1 Å². The van der Waals surface area contributed by atoms with Crippen LogP contribution in [0.3, 0.4) is 0 Å². The largest absolute Gasteiger partial charge is 0.360 e. The Kier molecular flexibility index (Phi) is 4.76. The number of pyridine rings is 1. The number of hydrogen-bond donors (Lipinski definition) is 2. The molecule has 8 heteroatoms. The van der Waals surface area contributed by atoms with Gasteiger partial charge in [-0.25, -0.2) is 4.98 Å². The molecule has 0 unspecified atom stereocenters. The Morgan fingerprint density at radius 3 is 2.32 bits per heavy atom. The highest BCUT2D eigenvalue weighted by molar-refractivity contribution is 6.30. The maximum Gasteiger partial charge on any atom is 0.275 e. The minimum Gasteiger partial charge on any atom is -0.360 e. The molecule has 0 aliphatic rings. The Bertz CT molecular complexity index is 939. The van der Waals surface area contributed by atoms with Crippen molar-refractivity contribution in [3.63, 3.8) is 0 Å². The van der Waals surface area contributed by atoms with Crippen molar-refractivity contribution in [3.8, 4) is 0 Å².